The molecule has 28 heavy (non-hydrogen) atoms. The van der Waals surface area contributed by atoms with Gasteiger partial charge >= 0.3 is 0 Å². The average molecular weight is 410 g/mol. The van der Waals surface area contributed by atoms with E-state index in [9.17, 15) is 12.8 Å². The third-order valence-electron chi connectivity index (χ3n) is 3.92. The number of nitrogens with two attached hydrogens (primary N) is 1. The van der Waals surface area contributed by atoms with Crippen molar-refractivity contribution in [3.63, 3.8) is 0 Å². The minimum Gasteiger partial charge on any atom is -0.483 e. The van der Waals surface area contributed by atoms with Crippen molar-refractivity contribution in [3.05, 3.63) is 66.6 Å². The summed E-state index contributed by atoms with van der Waals surface area (Å²) in [5.41, 5.74) is 1.74. The van der Waals surface area contributed by atoms with E-state index >= 15 is 0 Å². The molecule has 0 atom stereocenters. The number of para-hydroxylation sites is 1. The summed E-state index contributed by atoms with van der Waals surface area (Å²) >= 11 is 0. The van der Waals surface area contributed by atoms with Crippen LogP contribution < -0.4 is 15.4 Å². The van der Waals surface area contributed by atoms with Crippen LogP contribution in [0, 0.1) is 5.82 Å². The molecule has 2 aromatic rings. The number of hydrogen-bond donors (Lipinski definition) is 2. The molecule has 0 radical (unpaired) electrons. The van der Waals surface area contributed by atoms with Crippen molar-refractivity contribution in [2.24, 2.45) is 0 Å². The van der Waals surface area contributed by atoms with Gasteiger partial charge in [-0.25, -0.2) is 4.39 Å². The monoisotopic (exact) mass is 409 g/mol. The molecule has 8 heteroatoms. The summed E-state index contributed by atoms with van der Waals surface area (Å²) < 4.78 is 46.2. The predicted molar refractivity (Wildman–Crippen MR) is 108 cm³/mol. The molecule has 6 nitrogen and oxygen atoms in total. The highest BCUT2D eigenvalue weighted by molar-refractivity contribution is 7.86. The zero-order valence-electron chi connectivity index (χ0n) is 15.8. The van der Waals surface area contributed by atoms with Gasteiger partial charge in [0.1, 0.15) is 12.4 Å². The van der Waals surface area contributed by atoms with Gasteiger partial charge < -0.3 is 15.4 Å². The van der Waals surface area contributed by atoms with Gasteiger partial charge in [0.05, 0.1) is 19.4 Å². The van der Waals surface area contributed by atoms with Crippen LogP contribution in [0.4, 0.5) is 15.8 Å². The summed E-state index contributed by atoms with van der Waals surface area (Å²) in [6, 6.07) is 14.1. The Morgan fingerprint density at radius 3 is 2.68 bits per heavy atom. The molecule has 0 amide bonds. The van der Waals surface area contributed by atoms with Gasteiger partial charge in [0, 0.05) is 24.0 Å². The van der Waals surface area contributed by atoms with Crippen molar-refractivity contribution in [1.82, 2.24) is 0 Å². The summed E-state index contributed by atoms with van der Waals surface area (Å²) in [4.78, 5) is 0. The van der Waals surface area contributed by atoms with Crippen LogP contribution >= 0.6 is 0 Å². The van der Waals surface area contributed by atoms with Gasteiger partial charge in [-0.05, 0) is 37.1 Å². The molecule has 0 saturated carbocycles. The Bertz CT molecular complexity index is 858. The minimum atomic E-state index is -3.42. The minimum absolute atomic E-state index is 0.0106. The number of ether oxygens (including phenoxy) is 1. The fourth-order valence-electron chi connectivity index (χ4n) is 2.44. The number of quaternary nitrogens is 1. The van der Waals surface area contributed by atoms with E-state index in [4.69, 9.17) is 4.74 Å². The van der Waals surface area contributed by atoms with Crippen molar-refractivity contribution < 1.29 is 27.0 Å². The van der Waals surface area contributed by atoms with E-state index in [2.05, 4.69) is 9.50 Å². The second-order valence-electron chi connectivity index (χ2n) is 6.03. The number of unbranched alkanes of at least 4 members (excludes halogenated alkanes) is 1. The quantitative estimate of drug-likeness (QED) is 0.320. The standard InChI is InChI=1S/C20H25FN2O4S/c1-26-28(24,25)15-6-5-12-23-19-11-10-17(21)16-20(19)27-14-7-13-22-18-8-3-2-4-9-18/h2-4,7-11,13,16,22-23H,5-6,12,14-15H2,1H3/p+1/b13-7+. The van der Waals surface area contributed by atoms with Crippen LogP contribution in [-0.2, 0) is 14.3 Å². The van der Waals surface area contributed by atoms with Gasteiger partial charge in [0.2, 0.25) is 0 Å². The average Bonchev–Trinajstić information content (AvgIpc) is 2.69. The molecule has 0 spiro atoms. The first-order chi connectivity index (χ1) is 13.5. The largest absolute Gasteiger partial charge is 0.483 e. The van der Waals surface area contributed by atoms with Crippen LogP contribution in [0.1, 0.15) is 12.8 Å². The summed E-state index contributed by atoms with van der Waals surface area (Å²) in [7, 11) is -2.26. The molecule has 2 rings (SSSR count). The molecule has 0 aliphatic heterocycles. The van der Waals surface area contributed by atoms with Gasteiger partial charge in [-0.3, -0.25) is 4.18 Å². The maximum atomic E-state index is 13.6. The van der Waals surface area contributed by atoms with Gasteiger partial charge in [0.25, 0.3) is 10.1 Å². The molecule has 2 aromatic carbocycles. The van der Waals surface area contributed by atoms with Gasteiger partial charge in [-0.2, -0.15) is 8.42 Å². The lowest BCUT2D eigenvalue weighted by Crippen LogP contribution is -2.78. The Hall–Kier alpha value is -2.42. The van der Waals surface area contributed by atoms with E-state index in [0.29, 0.717) is 25.1 Å². The van der Waals surface area contributed by atoms with E-state index < -0.39 is 10.1 Å². The third-order valence-corrected chi connectivity index (χ3v) is 5.22. The molecule has 0 aliphatic rings. The molecule has 0 fully saturated rings. The van der Waals surface area contributed by atoms with Gasteiger partial charge in [-0.1, -0.05) is 18.2 Å². The molecule has 3 N–H and O–H groups in total. The van der Waals surface area contributed by atoms with Crippen LogP contribution in [0.3, 0.4) is 0 Å². The predicted octanol–water partition coefficient (Wildman–Crippen LogP) is 2.78. The Morgan fingerprint density at radius 1 is 1.14 bits per heavy atom. The normalized spacial score (nSPS) is 11.6. The van der Waals surface area contributed by atoms with Crippen molar-refractivity contribution >= 4 is 21.5 Å². The van der Waals surface area contributed by atoms with Crippen molar-refractivity contribution in [2.75, 3.05) is 31.3 Å². The topological polar surface area (TPSA) is 81.2 Å². The number of hydrogen-bond acceptors (Lipinski definition) is 5. The van der Waals surface area contributed by atoms with Crippen LogP contribution in [0.2, 0.25) is 0 Å². The maximum absolute atomic E-state index is 13.6. The number of halogens is 1. The van der Waals surface area contributed by atoms with Crippen molar-refractivity contribution in [3.8, 4) is 5.75 Å². The van der Waals surface area contributed by atoms with E-state index in [1.165, 1.54) is 12.1 Å². The molecule has 0 aliphatic carbocycles. The van der Waals surface area contributed by atoms with Gasteiger partial charge in [0.15, 0.2) is 11.4 Å². The lowest BCUT2D eigenvalue weighted by molar-refractivity contribution is -0.572. The molecular formula is C20H26FN2O4S+. The van der Waals surface area contributed by atoms with E-state index in [1.807, 2.05) is 35.6 Å². The molecular weight excluding hydrogens is 383 g/mol. The molecule has 0 unspecified atom stereocenters. The number of nitrogens with one attached hydrogen (secondary N) is 1. The first-order valence-electron chi connectivity index (χ1n) is 9.00. The highest BCUT2D eigenvalue weighted by Gasteiger charge is 2.11. The zero-order chi connectivity index (χ0) is 20.2. The first-order valence-corrected chi connectivity index (χ1v) is 10.6. The van der Waals surface area contributed by atoms with Crippen LogP contribution in [0.15, 0.2) is 60.8 Å². The van der Waals surface area contributed by atoms with Crippen molar-refractivity contribution in [2.45, 2.75) is 12.8 Å². The highest BCUT2D eigenvalue weighted by atomic mass is 32.2. The molecule has 0 bridgehead atoms. The van der Waals surface area contributed by atoms with Crippen LogP contribution in [-0.4, -0.2) is 34.4 Å². The van der Waals surface area contributed by atoms with E-state index in [-0.39, 0.29) is 18.2 Å². The summed E-state index contributed by atoms with van der Waals surface area (Å²) in [6.07, 6.45) is 4.75. The third kappa shape index (κ3) is 8.08. The maximum Gasteiger partial charge on any atom is 0.267 e. The van der Waals surface area contributed by atoms with Crippen LogP contribution in [0.25, 0.3) is 0 Å². The fraction of sp³-hybridized carbons (Fsp3) is 0.300. The first kappa shape index (κ1) is 21.9. The van der Waals surface area contributed by atoms with Crippen molar-refractivity contribution in [1.29, 1.82) is 0 Å². The lowest BCUT2D eigenvalue weighted by Gasteiger charge is -2.09. The Morgan fingerprint density at radius 2 is 1.93 bits per heavy atom. The lowest BCUT2D eigenvalue weighted by atomic mass is 10.2. The Balaban J connectivity index is 1.79. The zero-order valence-corrected chi connectivity index (χ0v) is 16.6. The molecule has 0 heterocycles. The fourth-order valence-corrected chi connectivity index (χ4v) is 3.17. The number of rotatable bonds is 12. The second kappa shape index (κ2) is 11.4. The highest BCUT2D eigenvalue weighted by Crippen LogP contribution is 2.21. The summed E-state index contributed by atoms with van der Waals surface area (Å²) in [5.74, 6) is 0.0714. The SMILES string of the molecule is COS(=O)(=O)CCCC[NH2+]c1ccc(F)cc1OC/C=C/Nc1ccccc1. The van der Waals surface area contributed by atoms with Crippen LogP contribution in [0.5, 0.6) is 5.75 Å². The molecule has 0 saturated heterocycles. The van der Waals surface area contributed by atoms with E-state index in [1.54, 1.807) is 18.3 Å². The molecule has 152 valence electrons. The number of benzene rings is 2. The number of anilines is 1. The Labute approximate surface area is 165 Å². The summed E-state index contributed by atoms with van der Waals surface area (Å²) in [5, 5.41) is 5.04. The van der Waals surface area contributed by atoms with Gasteiger partial charge in [-0.15, -0.1) is 0 Å². The smallest absolute Gasteiger partial charge is 0.267 e. The van der Waals surface area contributed by atoms with E-state index in [0.717, 1.165) is 18.5 Å². The second-order valence-corrected chi connectivity index (χ2v) is 7.89. The summed E-state index contributed by atoms with van der Waals surface area (Å²) in [6.45, 7) is 0.947. The Kier molecular flexibility index (Phi) is 8.93. The molecule has 0 aromatic heterocycles.